The number of benzene rings is 2. The number of aromatic hydroxyl groups is 1. The molecule has 0 amide bonds. The van der Waals surface area contributed by atoms with Gasteiger partial charge in [-0.3, -0.25) is 9.59 Å². The summed E-state index contributed by atoms with van der Waals surface area (Å²) in [7, 11) is 0. The molecule has 0 unspecified atom stereocenters. The number of rotatable bonds is 3. The van der Waals surface area contributed by atoms with E-state index in [0.717, 1.165) is 22.9 Å². The van der Waals surface area contributed by atoms with E-state index < -0.39 is 23.6 Å². The zero-order valence-electron chi connectivity index (χ0n) is 13.8. The monoisotopic (exact) mass is 368 g/mol. The van der Waals surface area contributed by atoms with Gasteiger partial charge < -0.3 is 14.6 Å². The molecule has 3 aromatic rings. The molecule has 7 nitrogen and oxygen atoms in total. The van der Waals surface area contributed by atoms with Gasteiger partial charge in [0.05, 0.1) is 17.3 Å². The summed E-state index contributed by atoms with van der Waals surface area (Å²) in [4.78, 5) is 25.0. The minimum atomic E-state index is -0.926. The van der Waals surface area contributed by atoms with Crippen molar-refractivity contribution in [3.05, 3.63) is 71.8 Å². The fraction of sp³-hybridized carbons (Fsp3) is 0.105. The molecule has 4 rings (SSSR count). The molecule has 0 spiro atoms. The summed E-state index contributed by atoms with van der Waals surface area (Å²) in [5, 5.41) is 13.6. The molecular weight excluding hydrogens is 355 g/mol. The van der Waals surface area contributed by atoms with Crippen LogP contribution < -0.4 is 9.47 Å². The number of carbonyl (C=O) groups excluding carboxylic acids is 2. The van der Waals surface area contributed by atoms with E-state index in [0.29, 0.717) is 11.5 Å². The van der Waals surface area contributed by atoms with E-state index in [4.69, 9.17) is 9.47 Å². The lowest BCUT2D eigenvalue weighted by atomic mass is 10.1. The van der Waals surface area contributed by atoms with Gasteiger partial charge in [-0.25, -0.2) is 9.07 Å². The minimum absolute atomic E-state index is 0.00364. The highest BCUT2D eigenvalue weighted by Gasteiger charge is 2.29. The number of aromatic nitrogens is 2. The molecule has 0 fully saturated rings. The molecule has 0 saturated heterocycles. The maximum Gasteiger partial charge on any atom is 0.291 e. The first kappa shape index (κ1) is 16.8. The van der Waals surface area contributed by atoms with Crippen LogP contribution in [0, 0.1) is 5.82 Å². The van der Waals surface area contributed by atoms with E-state index in [1.165, 1.54) is 12.4 Å². The lowest BCUT2D eigenvalue weighted by molar-refractivity contribution is 0.0485. The molecule has 2 aromatic carbocycles. The molecule has 1 aliphatic heterocycles. The summed E-state index contributed by atoms with van der Waals surface area (Å²) in [5.74, 6) is -1.22. The number of para-hydroxylation sites is 2. The van der Waals surface area contributed by atoms with Crippen LogP contribution in [-0.4, -0.2) is 39.3 Å². The molecule has 1 atom stereocenters. The van der Waals surface area contributed by atoms with Crippen molar-refractivity contribution < 1.29 is 28.6 Å². The van der Waals surface area contributed by atoms with Gasteiger partial charge in [-0.1, -0.05) is 12.1 Å². The van der Waals surface area contributed by atoms with Crippen molar-refractivity contribution in [2.75, 3.05) is 6.61 Å². The number of carbonyl (C=O) groups is 2. The quantitative estimate of drug-likeness (QED) is 0.714. The highest BCUT2D eigenvalue weighted by atomic mass is 19.1. The normalized spacial score (nSPS) is 15.4. The third kappa shape index (κ3) is 3.12. The Morgan fingerprint density at radius 1 is 1.19 bits per heavy atom. The molecule has 0 saturated carbocycles. The Labute approximate surface area is 152 Å². The number of ether oxygens (including phenoxy) is 2. The number of ketones is 1. The Morgan fingerprint density at radius 3 is 2.78 bits per heavy atom. The van der Waals surface area contributed by atoms with Crippen LogP contribution in [-0.2, 0) is 0 Å². The highest BCUT2D eigenvalue weighted by molar-refractivity contribution is 6.10. The standard InChI is InChI=1S/C19H13FN2O5/c20-12-5-6-14(23)13(7-12)18(24)11-8-21-22(9-11)19(25)17-10-26-15-3-1-2-4-16(15)27-17/h1-9,17,23H,10H2/t17-/m1/s1. The molecule has 1 aliphatic rings. The van der Waals surface area contributed by atoms with Crippen molar-refractivity contribution in [1.82, 2.24) is 9.78 Å². The Kier molecular flexibility index (Phi) is 4.08. The van der Waals surface area contributed by atoms with Crippen molar-refractivity contribution in [1.29, 1.82) is 0 Å². The van der Waals surface area contributed by atoms with Gasteiger partial charge in [0.25, 0.3) is 5.91 Å². The molecule has 1 N–H and O–H groups in total. The third-order valence-corrected chi connectivity index (χ3v) is 4.06. The Bertz CT molecular complexity index is 1050. The number of halogens is 1. The molecule has 136 valence electrons. The van der Waals surface area contributed by atoms with Gasteiger partial charge in [-0.15, -0.1) is 0 Å². The van der Waals surface area contributed by atoms with Crippen LogP contribution in [0.3, 0.4) is 0 Å². The summed E-state index contributed by atoms with van der Waals surface area (Å²) in [5.41, 5.74) is -0.186. The summed E-state index contributed by atoms with van der Waals surface area (Å²) < 4.78 is 25.4. The SMILES string of the molecule is O=C(c1cnn(C(=O)[C@H]2COc3ccccc3O2)c1)c1cc(F)ccc1O. The van der Waals surface area contributed by atoms with Gasteiger partial charge in [0.1, 0.15) is 18.2 Å². The second-order valence-corrected chi connectivity index (χ2v) is 5.87. The van der Waals surface area contributed by atoms with Crippen molar-refractivity contribution in [3.63, 3.8) is 0 Å². The fourth-order valence-corrected chi connectivity index (χ4v) is 2.69. The smallest absolute Gasteiger partial charge is 0.291 e. The number of phenols is 1. The van der Waals surface area contributed by atoms with Gasteiger partial charge >= 0.3 is 0 Å². The average molecular weight is 368 g/mol. The predicted octanol–water partition coefficient (Wildman–Crippen LogP) is 2.44. The molecule has 0 aliphatic carbocycles. The molecule has 0 radical (unpaired) electrons. The Morgan fingerprint density at radius 2 is 1.96 bits per heavy atom. The van der Waals surface area contributed by atoms with Crippen molar-refractivity contribution in [2.45, 2.75) is 6.10 Å². The largest absolute Gasteiger partial charge is 0.507 e. The first-order valence-electron chi connectivity index (χ1n) is 8.03. The van der Waals surface area contributed by atoms with Crippen LogP contribution in [0.15, 0.2) is 54.9 Å². The van der Waals surface area contributed by atoms with Crippen LogP contribution in [0.2, 0.25) is 0 Å². The molecule has 8 heteroatoms. The second-order valence-electron chi connectivity index (χ2n) is 5.87. The van der Waals surface area contributed by atoms with Gasteiger partial charge in [-0.05, 0) is 30.3 Å². The average Bonchev–Trinajstić information content (AvgIpc) is 3.18. The lowest BCUT2D eigenvalue weighted by Crippen LogP contribution is -2.39. The summed E-state index contributed by atoms with van der Waals surface area (Å²) in [6.45, 7) is 0.00364. The number of phenolic OH excluding ortho intramolecular Hbond substituents is 1. The molecule has 1 aromatic heterocycles. The summed E-state index contributed by atoms with van der Waals surface area (Å²) >= 11 is 0. The topological polar surface area (TPSA) is 90.7 Å². The predicted molar refractivity (Wildman–Crippen MR) is 90.7 cm³/mol. The van der Waals surface area contributed by atoms with E-state index in [2.05, 4.69) is 5.10 Å². The van der Waals surface area contributed by atoms with Crippen LogP contribution >= 0.6 is 0 Å². The number of hydrogen-bond donors (Lipinski definition) is 1. The van der Waals surface area contributed by atoms with E-state index in [-0.39, 0.29) is 23.5 Å². The molecule has 27 heavy (non-hydrogen) atoms. The van der Waals surface area contributed by atoms with Crippen molar-refractivity contribution >= 4 is 11.7 Å². The number of nitrogens with zero attached hydrogens (tertiary/aromatic N) is 2. The first-order valence-corrected chi connectivity index (χ1v) is 8.03. The zero-order chi connectivity index (χ0) is 19.0. The van der Waals surface area contributed by atoms with Gasteiger partial charge in [0, 0.05) is 6.20 Å². The highest BCUT2D eigenvalue weighted by Crippen LogP contribution is 2.31. The second kappa shape index (κ2) is 6.56. The lowest BCUT2D eigenvalue weighted by Gasteiger charge is -2.24. The van der Waals surface area contributed by atoms with E-state index in [1.807, 2.05) is 0 Å². The number of hydrogen-bond acceptors (Lipinski definition) is 6. The van der Waals surface area contributed by atoms with E-state index in [1.54, 1.807) is 24.3 Å². The van der Waals surface area contributed by atoms with Crippen LogP contribution in [0.25, 0.3) is 0 Å². The van der Waals surface area contributed by atoms with Gasteiger partial charge in [-0.2, -0.15) is 5.10 Å². The van der Waals surface area contributed by atoms with E-state index in [9.17, 15) is 19.1 Å². The zero-order valence-corrected chi connectivity index (χ0v) is 13.8. The summed E-state index contributed by atoms with van der Waals surface area (Å²) in [6.07, 6.45) is 1.45. The molecular formula is C19H13FN2O5. The van der Waals surface area contributed by atoms with Crippen LogP contribution in [0.4, 0.5) is 4.39 Å². The third-order valence-electron chi connectivity index (χ3n) is 4.06. The minimum Gasteiger partial charge on any atom is -0.507 e. The van der Waals surface area contributed by atoms with Crippen LogP contribution in [0.5, 0.6) is 17.2 Å². The fourth-order valence-electron chi connectivity index (χ4n) is 2.69. The Hall–Kier alpha value is -3.68. The van der Waals surface area contributed by atoms with Crippen LogP contribution in [0.1, 0.15) is 20.7 Å². The Balaban J connectivity index is 1.55. The van der Waals surface area contributed by atoms with Gasteiger partial charge in [0.15, 0.2) is 17.3 Å². The van der Waals surface area contributed by atoms with Gasteiger partial charge in [0.2, 0.25) is 6.10 Å². The number of fused-ring (bicyclic) bond motifs is 1. The molecule has 2 heterocycles. The maximum absolute atomic E-state index is 13.4. The van der Waals surface area contributed by atoms with Crippen molar-refractivity contribution in [3.8, 4) is 17.2 Å². The first-order chi connectivity index (χ1) is 13.0. The molecule has 0 bridgehead atoms. The summed E-state index contributed by atoms with van der Waals surface area (Å²) in [6, 6.07) is 10.0. The van der Waals surface area contributed by atoms with Crippen molar-refractivity contribution in [2.24, 2.45) is 0 Å². The van der Waals surface area contributed by atoms with E-state index >= 15 is 0 Å². The maximum atomic E-state index is 13.4.